The van der Waals surface area contributed by atoms with Gasteiger partial charge in [-0.1, -0.05) is 12.1 Å². The molecule has 0 fully saturated rings. The summed E-state index contributed by atoms with van der Waals surface area (Å²) in [5.74, 6) is 0.754. The minimum absolute atomic E-state index is 0.0647. The second-order valence-corrected chi connectivity index (χ2v) is 3.83. The number of hydrogen-bond donors (Lipinski definition) is 2. The van der Waals surface area contributed by atoms with Gasteiger partial charge in [-0.15, -0.1) is 0 Å². The van der Waals surface area contributed by atoms with E-state index in [4.69, 9.17) is 10.5 Å². The van der Waals surface area contributed by atoms with Crippen LogP contribution in [-0.4, -0.2) is 19.1 Å². The number of benzene rings is 1. The summed E-state index contributed by atoms with van der Waals surface area (Å²) in [6.45, 7) is 1.08. The van der Waals surface area contributed by atoms with Gasteiger partial charge < -0.3 is 15.8 Å². The lowest BCUT2D eigenvalue weighted by Crippen LogP contribution is -2.18. The Morgan fingerprint density at radius 1 is 1.50 bits per heavy atom. The van der Waals surface area contributed by atoms with Crippen LogP contribution in [0.5, 0.6) is 5.75 Å². The van der Waals surface area contributed by atoms with Gasteiger partial charge in [0, 0.05) is 13.0 Å². The predicted molar refractivity (Wildman–Crippen MR) is 62.6 cm³/mol. The molecule has 0 aliphatic carbocycles. The Morgan fingerprint density at radius 3 is 3.19 bits per heavy atom. The van der Waals surface area contributed by atoms with Gasteiger partial charge in [0.2, 0.25) is 5.91 Å². The van der Waals surface area contributed by atoms with E-state index in [2.05, 4.69) is 5.32 Å². The maximum Gasteiger partial charge on any atom is 0.225 e. The first-order valence-corrected chi connectivity index (χ1v) is 5.56. The van der Waals surface area contributed by atoms with E-state index in [0.29, 0.717) is 13.0 Å². The van der Waals surface area contributed by atoms with Gasteiger partial charge in [0.15, 0.2) is 0 Å². The van der Waals surface area contributed by atoms with E-state index in [-0.39, 0.29) is 5.91 Å². The molecular weight excluding hydrogens is 204 g/mol. The average molecular weight is 220 g/mol. The molecule has 1 aliphatic rings. The normalized spacial score (nSPS) is 13.8. The number of nitrogens with two attached hydrogens (primary N) is 1. The van der Waals surface area contributed by atoms with Crippen LogP contribution in [0, 0.1) is 0 Å². The fourth-order valence-corrected chi connectivity index (χ4v) is 1.83. The lowest BCUT2D eigenvalue weighted by Gasteiger charge is -2.20. The fraction of sp³-hybridized carbons (Fsp3) is 0.417. The SMILES string of the molecule is NCCC(=O)Nc1cccc2c1OCCC2. The third-order valence-electron chi connectivity index (χ3n) is 2.58. The predicted octanol–water partition coefficient (Wildman–Crippen LogP) is 1.30. The van der Waals surface area contributed by atoms with E-state index in [1.54, 1.807) is 0 Å². The van der Waals surface area contributed by atoms with Gasteiger partial charge in [0.1, 0.15) is 5.75 Å². The number of aryl methyl sites for hydroxylation is 1. The lowest BCUT2D eigenvalue weighted by atomic mass is 10.1. The summed E-state index contributed by atoms with van der Waals surface area (Å²) in [4.78, 5) is 11.5. The van der Waals surface area contributed by atoms with Crippen molar-refractivity contribution in [2.45, 2.75) is 19.3 Å². The van der Waals surface area contributed by atoms with Crippen molar-refractivity contribution in [2.75, 3.05) is 18.5 Å². The minimum atomic E-state index is -0.0647. The topological polar surface area (TPSA) is 64.4 Å². The number of carbonyl (C=O) groups is 1. The smallest absolute Gasteiger partial charge is 0.225 e. The Hall–Kier alpha value is -1.55. The van der Waals surface area contributed by atoms with Crippen LogP contribution in [0.15, 0.2) is 18.2 Å². The molecule has 1 aliphatic heterocycles. The third-order valence-corrected chi connectivity index (χ3v) is 2.58. The zero-order chi connectivity index (χ0) is 11.4. The number of hydrogen-bond acceptors (Lipinski definition) is 3. The van der Waals surface area contributed by atoms with Crippen LogP contribution in [0.2, 0.25) is 0 Å². The average Bonchev–Trinajstić information content (AvgIpc) is 2.30. The Morgan fingerprint density at radius 2 is 2.38 bits per heavy atom. The number of para-hydroxylation sites is 1. The van der Waals surface area contributed by atoms with Crippen molar-refractivity contribution >= 4 is 11.6 Å². The molecule has 0 saturated heterocycles. The van der Waals surface area contributed by atoms with Crippen molar-refractivity contribution in [3.05, 3.63) is 23.8 Å². The van der Waals surface area contributed by atoms with Crippen molar-refractivity contribution < 1.29 is 9.53 Å². The molecule has 0 saturated carbocycles. The number of carbonyl (C=O) groups excluding carboxylic acids is 1. The summed E-state index contributed by atoms with van der Waals surface area (Å²) in [6.07, 6.45) is 2.38. The van der Waals surface area contributed by atoms with E-state index in [0.717, 1.165) is 36.4 Å². The summed E-state index contributed by atoms with van der Waals surface area (Å²) in [5.41, 5.74) is 7.25. The van der Waals surface area contributed by atoms with E-state index in [1.165, 1.54) is 0 Å². The maximum atomic E-state index is 11.5. The maximum absolute atomic E-state index is 11.5. The summed E-state index contributed by atoms with van der Waals surface area (Å²) in [5, 5.41) is 2.83. The van der Waals surface area contributed by atoms with Crippen molar-refractivity contribution in [1.29, 1.82) is 0 Å². The number of rotatable bonds is 3. The first kappa shape index (κ1) is 11.0. The van der Waals surface area contributed by atoms with Gasteiger partial charge in [-0.3, -0.25) is 4.79 Å². The molecule has 1 aromatic rings. The van der Waals surface area contributed by atoms with Gasteiger partial charge in [-0.25, -0.2) is 0 Å². The third kappa shape index (κ3) is 2.33. The van der Waals surface area contributed by atoms with Crippen LogP contribution in [0.25, 0.3) is 0 Å². The van der Waals surface area contributed by atoms with Crippen LogP contribution < -0.4 is 15.8 Å². The molecule has 0 atom stereocenters. The zero-order valence-corrected chi connectivity index (χ0v) is 9.16. The van der Waals surface area contributed by atoms with Crippen LogP contribution >= 0.6 is 0 Å². The standard InChI is InChI=1S/C12H16N2O2/c13-7-6-11(15)14-10-5-1-3-9-4-2-8-16-12(9)10/h1,3,5H,2,4,6-8,13H2,(H,14,15). The van der Waals surface area contributed by atoms with Crippen molar-refractivity contribution in [3.63, 3.8) is 0 Å². The Balaban J connectivity index is 2.17. The molecule has 0 aromatic heterocycles. The molecule has 2 rings (SSSR count). The highest BCUT2D eigenvalue weighted by molar-refractivity contribution is 5.92. The number of fused-ring (bicyclic) bond motifs is 1. The summed E-state index contributed by atoms with van der Waals surface area (Å²) < 4.78 is 5.59. The molecule has 4 heteroatoms. The second kappa shape index (κ2) is 4.99. The van der Waals surface area contributed by atoms with Crippen molar-refractivity contribution in [3.8, 4) is 5.75 Å². The molecule has 0 radical (unpaired) electrons. The molecular formula is C12H16N2O2. The first-order valence-electron chi connectivity index (χ1n) is 5.56. The quantitative estimate of drug-likeness (QED) is 0.807. The highest BCUT2D eigenvalue weighted by atomic mass is 16.5. The summed E-state index contributed by atoms with van der Waals surface area (Å²) in [6, 6.07) is 5.83. The molecule has 1 aromatic carbocycles. The number of ether oxygens (including phenoxy) is 1. The van der Waals surface area contributed by atoms with Crippen LogP contribution in [0.3, 0.4) is 0 Å². The molecule has 1 amide bonds. The molecule has 16 heavy (non-hydrogen) atoms. The van der Waals surface area contributed by atoms with E-state index in [9.17, 15) is 4.79 Å². The molecule has 0 spiro atoms. The summed E-state index contributed by atoms with van der Waals surface area (Å²) >= 11 is 0. The van der Waals surface area contributed by atoms with Gasteiger partial charge >= 0.3 is 0 Å². The van der Waals surface area contributed by atoms with Gasteiger partial charge in [0.05, 0.1) is 12.3 Å². The lowest BCUT2D eigenvalue weighted by molar-refractivity contribution is -0.116. The van der Waals surface area contributed by atoms with Gasteiger partial charge in [0.25, 0.3) is 0 Å². The Kier molecular flexibility index (Phi) is 3.41. The second-order valence-electron chi connectivity index (χ2n) is 3.83. The number of anilines is 1. The molecule has 1 heterocycles. The number of amides is 1. The van der Waals surface area contributed by atoms with Crippen LogP contribution in [0.1, 0.15) is 18.4 Å². The minimum Gasteiger partial charge on any atom is -0.491 e. The van der Waals surface area contributed by atoms with Crippen molar-refractivity contribution in [2.24, 2.45) is 5.73 Å². The highest BCUT2D eigenvalue weighted by Crippen LogP contribution is 2.32. The molecule has 0 bridgehead atoms. The summed E-state index contributed by atoms with van der Waals surface area (Å²) in [7, 11) is 0. The largest absolute Gasteiger partial charge is 0.491 e. The van der Waals surface area contributed by atoms with Crippen LogP contribution in [-0.2, 0) is 11.2 Å². The van der Waals surface area contributed by atoms with Gasteiger partial charge in [-0.2, -0.15) is 0 Å². The Labute approximate surface area is 94.8 Å². The monoisotopic (exact) mass is 220 g/mol. The highest BCUT2D eigenvalue weighted by Gasteiger charge is 2.15. The molecule has 0 unspecified atom stereocenters. The van der Waals surface area contributed by atoms with E-state index >= 15 is 0 Å². The van der Waals surface area contributed by atoms with E-state index in [1.807, 2.05) is 18.2 Å². The van der Waals surface area contributed by atoms with Gasteiger partial charge in [-0.05, 0) is 24.5 Å². The van der Waals surface area contributed by atoms with Crippen LogP contribution in [0.4, 0.5) is 5.69 Å². The molecule has 3 N–H and O–H groups in total. The number of nitrogens with one attached hydrogen (secondary N) is 1. The molecule has 86 valence electrons. The first-order chi connectivity index (χ1) is 7.81. The Bertz CT molecular complexity index is 391. The molecule has 4 nitrogen and oxygen atoms in total. The fourth-order valence-electron chi connectivity index (χ4n) is 1.83. The zero-order valence-electron chi connectivity index (χ0n) is 9.16. The van der Waals surface area contributed by atoms with E-state index < -0.39 is 0 Å². The van der Waals surface area contributed by atoms with Crippen molar-refractivity contribution in [1.82, 2.24) is 0 Å².